The van der Waals surface area contributed by atoms with Gasteiger partial charge in [0.2, 0.25) is 0 Å². The number of benzene rings is 2. The van der Waals surface area contributed by atoms with Crippen LogP contribution in [0.4, 0.5) is 5.69 Å². The molecule has 2 aromatic carbocycles. The Morgan fingerprint density at radius 1 is 1.38 bits per heavy atom. The third-order valence-corrected chi connectivity index (χ3v) is 3.79. The zero-order valence-electron chi connectivity index (χ0n) is 12.5. The van der Waals surface area contributed by atoms with Crippen LogP contribution >= 0.6 is 27.5 Å². The van der Waals surface area contributed by atoms with Gasteiger partial charge in [-0.25, -0.2) is 0 Å². The maximum Gasteiger partial charge on any atom is 0.266 e. The van der Waals surface area contributed by atoms with E-state index in [1.165, 1.54) is 25.3 Å². The Morgan fingerprint density at radius 2 is 2.12 bits per heavy atom. The molecule has 2 aromatic rings. The number of anilines is 1. The lowest BCUT2D eigenvalue weighted by atomic mass is 10.1. The highest BCUT2D eigenvalue weighted by Gasteiger charge is 2.14. The molecule has 24 heavy (non-hydrogen) atoms. The van der Waals surface area contributed by atoms with Gasteiger partial charge in [0.15, 0.2) is 0 Å². The Balaban J connectivity index is 2.33. The molecule has 2 rings (SSSR count). The van der Waals surface area contributed by atoms with Crippen molar-refractivity contribution >= 4 is 45.2 Å². The molecule has 0 bridgehead atoms. The van der Waals surface area contributed by atoms with Crippen LogP contribution in [0.2, 0.25) is 5.02 Å². The maximum absolute atomic E-state index is 12.3. The van der Waals surface area contributed by atoms with Gasteiger partial charge in [-0.2, -0.15) is 5.26 Å². The molecule has 0 aliphatic rings. The molecule has 7 heteroatoms. The molecule has 0 fully saturated rings. The van der Waals surface area contributed by atoms with Crippen LogP contribution in [-0.4, -0.2) is 18.1 Å². The number of rotatable bonds is 4. The lowest BCUT2D eigenvalue weighted by Gasteiger charge is -2.10. The van der Waals surface area contributed by atoms with E-state index in [1.807, 2.05) is 6.07 Å². The van der Waals surface area contributed by atoms with Crippen molar-refractivity contribution in [1.82, 2.24) is 0 Å². The monoisotopic (exact) mass is 406 g/mol. The summed E-state index contributed by atoms with van der Waals surface area (Å²) in [5.41, 5.74) is 0.508. The summed E-state index contributed by atoms with van der Waals surface area (Å²) in [5.74, 6) is -0.271. The summed E-state index contributed by atoms with van der Waals surface area (Å²) < 4.78 is 5.85. The van der Waals surface area contributed by atoms with E-state index in [4.69, 9.17) is 16.3 Å². The van der Waals surface area contributed by atoms with Gasteiger partial charge in [-0.3, -0.25) is 4.79 Å². The van der Waals surface area contributed by atoms with Crippen molar-refractivity contribution < 1.29 is 14.6 Å². The predicted molar refractivity (Wildman–Crippen MR) is 96.0 cm³/mol. The number of hydrogen-bond acceptors (Lipinski definition) is 4. The smallest absolute Gasteiger partial charge is 0.266 e. The summed E-state index contributed by atoms with van der Waals surface area (Å²) >= 11 is 9.18. The first-order valence-corrected chi connectivity index (χ1v) is 7.87. The summed E-state index contributed by atoms with van der Waals surface area (Å²) in [6.45, 7) is 0. The molecule has 0 radical (unpaired) electrons. The second kappa shape index (κ2) is 7.86. The minimum atomic E-state index is -0.641. The van der Waals surface area contributed by atoms with Gasteiger partial charge in [0.1, 0.15) is 23.1 Å². The molecule has 0 spiro atoms. The van der Waals surface area contributed by atoms with Crippen molar-refractivity contribution in [2.45, 2.75) is 0 Å². The molecule has 0 aliphatic heterocycles. The Morgan fingerprint density at radius 3 is 2.79 bits per heavy atom. The summed E-state index contributed by atoms with van der Waals surface area (Å²) in [4.78, 5) is 12.3. The largest absolute Gasteiger partial charge is 0.507 e. The Hall–Kier alpha value is -2.49. The Kier molecular flexibility index (Phi) is 5.85. The van der Waals surface area contributed by atoms with Crippen LogP contribution in [0.15, 0.2) is 46.4 Å². The van der Waals surface area contributed by atoms with Gasteiger partial charge in [-0.05, 0) is 42.5 Å². The van der Waals surface area contributed by atoms with Gasteiger partial charge in [0.05, 0.1) is 12.8 Å². The maximum atomic E-state index is 12.3. The number of phenolic OH excluding ortho intramolecular Hbond substituents is 1. The van der Waals surface area contributed by atoms with Crippen LogP contribution in [0, 0.1) is 11.3 Å². The van der Waals surface area contributed by atoms with Crippen LogP contribution in [0.3, 0.4) is 0 Å². The number of carbonyl (C=O) groups excluding carboxylic acids is 1. The Labute approximate surface area is 152 Å². The van der Waals surface area contributed by atoms with E-state index in [0.29, 0.717) is 26.5 Å². The highest BCUT2D eigenvalue weighted by molar-refractivity contribution is 9.10. The molecule has 0 unspecified atom stereocenters. The highest BCUT2D eigenvalue weighted by atomic mass is 79.9. The molecular formula is C17H12BrClN2O3. The van der Waals surface area contributed by atoms with Crippen LogP contribution < -0.4 is 10.1 Å². The van der Waals surface area contributed by atoms with E-state index < -0.39 is 5.91 Å². The van der Waals surface area contributed by atoms with Crippen LogP contribution in [-0.2, 0) is 4.79 Å². The minimum absolute atomic E-state index is 0.0425. The SMILES string of the molecule is COc1ccc(Cl)cc1NC(=O)/C(C#N)=C/c1cc(Br)ccc1O. The van der Waals surface area contributed by atoms with Gasteiger partial charge in [-0.1, -0.05) is 27.5 Å². The van der Waals surface area contributed by atoms with Gasteiger partial charge in [-0.15, -0.1) is 0 Å². The van der Waals surface area contributed by atoms with Crippen molar-refractivity contribution in [2.24, 2.45) is 0 Å². The molecule has 2 N–H and O–H groups in total. The first-order chi connectivity index (χ1) is 11.4. The van der Waals surface area contributed by atoms with Crippen LogP contribution in [0.25, 0.3) is 6.08 Å². The molecule has 0 atom stereocenters. The van der Waals surface area contributed by atoms with Gasteiger partial charge < -0.3 is 15.2 Å². The zero-order chi connectivity index (χ0) is 17.7. The minimum Gasteiger partial charge on any atom is -0.507 e. The van der Waals surface area contributed by atoms with E-state index in [2.05, 4.69) is 21.2 Å². The summed E-state index contributed by atoms with van der Waals surface area (Å²) in [6.07, 6.45) is 1.30. The van der Waals surface area contributed by atoms with Gasteiger partial charge in [0.25, 0.3) is 5.91 Å². The molecular weight excluding hydrogens is 396 g/mol. The van der Waals surface area contributed by atoms with E-state index in [-0.39, 0.29) is 11.3 Å². The third-order valence-electron chi connectivity index (χ3n) is 3.06. The fourth-order valence-corrected chi connectivity index (χ4v) is 2.46. The summed E-state index contributed by atoms with van der Waals surface area (Å²) in [6, 6.07) is 11.3. The topological polar surface area (TPSA) is 82.3 Å². The number of nitriles is 1. The quantitative estimate of drug-likeness (QED) is 0.583. The number of nitrogens with one attached hydrogen (secondary N) is 1. The number of phenols is 1. The lowest BCUT2D eigenvalue weighted by Crippen LogP contribution is -2.14. The van der Waals surface area contributed by atoms with E-state index in [0.717, 1.165) is 0 Å². The normalized spacial score (nSPS) is 10.8. The van der Waals surface area contributed by atoms with Crippen molar-refractivity contribution in [3.05, 3.63) is 57.0 Å². The van der Waals surface area contributed by atoms with E-state index >= 15 is 0 Å². The first-order valence-electron chi connectivity index (χ1n) is 6.70. The molecule has 1 amide bonds. The number of halogens is 2. The van der Waals surface area contributed by atoms with Crippen molar-refractivity contribution in [3.8, 4) is 17.6 Å². The van der Waals surface area contributed by atoms with Crippen molar-refractivity contribution in [1.29, 1.82) is 5.26 Å². The summed E-state index contributed by atoms with van der Waals surface area (Å²) in [7, 11) is 1.46. The molecule has 0 aromatic heterocycles. The Bertz CT molecular complexity index is 859. The van der Waals surface area contributed by atoms with E-state index in [9.17, 15) is 15.2 Å². The fourth-order valence-electron chi connectivity index (χ4n) is 1.91. The number of hydrogen-bond donors (Lipinski definition) is 2. The molecule has 5 nitrogen and oxygen atoms in total. The first kappa shape index (κ1) is 17.9. The second-order valence-corrected chi connectivity index (χ2v) is 6.02. The third kappa shape index (κ3) is 4.28. The molecule has 122 valence electrons. The van der Waals surface area contributed by atoms with E-state index in [1.54, 1.807) is 24.3 Å². The number of ether oxygens (including phenoxy) is 1. The molecule has 0 saturated heterocycles. The number of aromatic hydroxyl groups is 1. The molecule has 0 aliphatic carbocycles. The number of amides is 1. The lowest BCUT2D eigenvalue weighted by molar-refractivity contribution is -0.112. The average molecular weight is 408 g/mol. The van der Waals surface area contributed by atoms with Crippen LogP contribution in [0.1, 0.15) is 5.56 Å². The van der Waals surface area contributed by atoms with Crippen molar-refractivity contribution in [3.63, 3.8) is 0 Å². The second-order valence-electron chi connectivity index (χ2n) is 4.67. The van der Waals surface area contributed by atoms with Crippen molar-refractivity contribution in [2.75, 3.05) is 12.4 Å². The highest BCUT2D eigenvalue weighted by Crippen LogP contribution is 2.29. The number of carbonyl (C=O) groups is 1. The predicted octanol–water partition coefficient (Wildman–Crippen LogP) is 4.36. The number of nitrogens with zero attached hydrogens (tertiary/aromatic N) is 1. The van der Waals surface area contributed by atoms with Gasteiger partial charge in [0, 0.05) is 15.1 Å². The standard InChI is InChI=1S/C17H12BrClN2O3/c1-24-16-5-3-13(19)8-14(16)21-17(23)11(9-20)6-10-7-12(18)2-4-15(10)22/h2-8,22H,1H3,(H,21,23)/b11-6+. The van der Waals surface area contributed by atoms with Gasteiger partial charge >= 0.3 is 0 Å². The summed E-state index contributed by atoms with van der Waals surface area (Å²) in [5, 5.41) is 22.1. The average Bonchev–Trinajstić information content (AvgIpc) is 2.55. The number of methoxy groups -OCH3 is 1. The molecule has 0 heterocycles. The fraction of sp³-hybridized carbons (Fsp3) is 0.0588. The molecule has 0 saturated carbocycles. The van der Waals surface area contributed by atoms with Crippen LogP contribution in [0.5, 0.6) is 11.5 Å². The zero-order valence-corrected chi connectivity index (χ0v) is 14.9.